The van der Waals surface area contributed by atoms with E-state index in [4.69, 9.17) is 5.73 Å². The summed E-state index contributed by atoms with van der Waals surface area (Å²) in [6.07, 6.45) is 2.40. The Morgan fingerprint density at radius 1 is 1.57 bits per heavy atom. The monoisotopic (exact) mass is 306 g/mol. The Morgan fingerprint density at radius 3 is 2.90 bits per heavy atom. The first-order valence-corrected chi connectivity index (χ1v) is 8.29. The summed E-state index contributed by atoms with van der Waals surface area (Å²) in [7, 11) is 1.93. The molecule has 0 spiro atoms. The number of fused-ring (bicyclic) bond motifs is 1. The van der Waals surface area contributed by atoms with Gasteiger partial charge >= 0.3 is 0 Å². The topological polar surface area (TPSA) is 72.9 Å². The Morgan fingerprint density at radius 2 is 2.29 bits per heavy atom. The predicted molar refractivity (Wildman–Crippen MR) is 85.7 cm³/mol. The predicted octanol–water partition coefficient (Wildman–Crippen LogP) is 2.23. The summed E-state index contributed by atoms with van der Waals surface area (Å²) in [6, 6.07) is 2.05. The van der Waals surface area contributed by atoms with Crippen LogP contribution in [0.5, 0.6) is 0 Å². The van der Waals surface area contributed by atoms with Crippen LogP contribution >= 0.6 is 11.3 Å². The highest BCUT2D eigenvalue weighted by Gasteiger charge is 2.28. The molecule has 21 heavy (non-hydrogen) atoms. The zero-order chi connectivity index (χ0) is 15.1. The molecule has 1 atom stereocenters. The van der Waals surface area contributed by atoms with Gasteiger partial charge in [0.25, 0.3) is 5.91 Å². The highest BCUT2D eigenvalue weighted by molar-refractivity contribution is 7.20. The van der Waals surface area contributed by atoms with E-state index in [1.54, 1.807) is 0 Å². The van der Waals surface area contributed by atoms with Crippen molar-refractivity contribution in [2.75, 3.05) is 6.54 Å². The first-order valence-electron chi connectivity index (χ1n) is 7.47. The molecule has 1 fully saturated rings. The number of carbonyl (C=O) groups is 1. The zero-order valence-corrected chi connectivity index (χ0v) is 13.5. The molecule has 2 aromatic heterocycles. The summed E-state index contributed by atoms with van der Waals surface area (Å²) in [6.45, 7) is 4.80. The van der Waals surface area contributed by atoms with Crippen LogP contribution in [0.4, 0.5) is 0 Å². The van der Waals surface area contributed by atoms with Crippen LogP contribution in [0.25, 0.3) is 10.2 Å². The number of nitrogens with zero attached hydrogens (tertiary/aromatic N) is 2. The smallest absolute Gasteiger partial charge is 0.261 e. The van der Waals surface area contributed by atoms with Gasteiger partial charge in [0.05, 0.1) is 10.6 Å². The molecule has 6 heteroatoms. The molecule has 1 unspecified atom stereocenters. The van der Waals surface area contributed by atoms with E-state index < -0.39 is 0 Å². The van der Waals surface area contributed by atoms with Crippen molar-refractivity contribution >= 4 is 27.5 Å². The minimum absolute atomic E-state index is 0.0259. The Hall–Kier alpha value is -1.40. The van der Waals surface area contributed by atoms with Gasteiger partial charge in [0.2, 0.25) is 0 Å². The van der Waals surface area contributed by atoms with Crippen molar-refractivity contribution in [3.8, 4) is 0 Å². The van der Waals surface area contributed by atoms with E-state index in [-0.39, 0.29) is 11.9 Å². The molecule has 3 N–H and O–H groups in total. The summed E-state index contributed by atoms with van der Waals surface area (Å²) in [5.74, 6) is 0.925. The third-order valence-electron chi connectivity index (χ3n) is 4.04. The summed E-state index contributed by atoms with van der Waals surface area (Å²) in [5.41, 5.74) is 7.08. The van der Waals surface area contributed by atoms with Gasteiger partial charge in [0.1, 0.15) is 4.83 Å². The van der Waals surface area contributed by atoms with Crippen molar-refractivity contribution in [3.05, 3.63) is 16.6 Å². The fourth-order valence-corrected chi connectivity index (χ4v) is 3.59. The summed E-state index contributed by atoms with van der Waals surface area (Å²) >= 11 is 1.49. The highest BCUT2D eigenvalue weighted by atomic mass is 32.1. The third kappa shape index (κ3) is 2.82. The first kappa shape index (κ1) is 14.5. The van der Waals surface area contributed by atoms with Crippen LogP contribution in [-0.4, -0.2) is 28.3 Å². The summed E-state index contributed by atoms with van der Waals surface area (Å²) < 4.78 is 1.86. The second-order valence-electron chi connectivity index (χ2n) is 6.20. The lowest BCUT2D eigenvalue weighted by atomic mass is 10.1. The molecule has 5 nitrogen and oxygen atoms in total. The molecule has 1 saturated carbocycles. The standard InChI is InChI=1S/C15H22N4OS/c1-8(2)13-10-6-12(21-15(10)19(3)18-13)14(20)17-7-11(16)9-4-5-9/h6,8-9,11H,4-5,7,16H2,1-3H3,(H,17,20). The number of aromatic nitrogens is 2. The van der Waals surface area contributed by atoms with E-state index in [0.29, 0.717) is 18.4 Å². The fourth-order valence-electron chi connectivity index (χ4n) is 2.59. The van der Waals surface area contributed by atoms with Gasteiger partial charge in [0.15, 0.2) is 0 Å². The van der Waals surface area contributed by atoms with Crippen LogP contribution in [0.3, 0.4) is 0 Å². The normalized spacial score (nSPS) is 16.6. The molecule has 0 bridgehead atoms. The van der Waals surface area contributed by atoms with Gasteiger partial charge in [-0.2, -0.15) is 5.10 Å². The molecule has 1 aliphatic carbocycles. The SMILES string of the molecule is CC(C)c1nn(C)c2sc(C(=O)NCC(N)C3CC3)cc12. The lowest BCUT2D eigenvalue weighted by Crippen LogP contribution is -2.38. The van der Waals surface area contributed by atoms with Crippen LogP contribution in [-0.2, 0) is 7.05 Å². The van der Waals surface area contributed by atoms with E-state index in [1.165, 1.54) is 24.2 Å². The second-order valence-corrected chi connectivity index (χ2v) is 7.23. The van der Waals surface area contributed by atoms with Crippen molar-refractivity contribution in [1.29, 1.82) is 0 Å². The summed E-state index contributed by atoms with van der Waals surface area (Å²) in [4.78, 5) is 14.1. The molecule has 0 radical (unpaired) electrons. The Kier molecular flexibility index (Phi) is 3.75. The Balaban J connectivity index is 1.77. The molecule has 1 amide bonds. The summed E-state index contributed by atoms with van der Waals surface area (Å²) in [5, 5.41) is 8.58. The Labute approximate surface area is 128 Å². The van der Waals surface area contributed by atoms with Gasteiger partial charge in [-0.25, -0.2) is 0 Å². The molecular weight excluding hydrogens is 284 g/mol. The molecule has 2 aromatic rings. The van der Waals surface area contributed by atoms with Gasteiger partial charge in [-0.1, -0.05) is 13.8 Å². The van der Waals surface area contributed by atoms with Crippen LogP contribution in [0.1, 0.15) is 48.0 Å². The van der Waals surface area contributed by atoms with Crippen LogP contribution in [0.15, 0.2) is 6.07 Å². The largest absolute Gasteiger partial charge is 0.350 e. The van der Waals surface area contributed by atoms with E-state index in [9.17, 15) is 4.79 Å². The second kappa shape index (κ2) is 5.42. The molecule has 114 valence electrons. The van der Waals surface area contributed by atoms with E-state index in [0.717, 1.165) is 20.8 Å². The van der Waals surface area contributed by atoms with Crippen molar-refractivity contribution in [2.24, 2.45) is 18.7 Å². The number of thiophene rings is 1. The Bertz CT molecular complexity index is 669. The first-order chi connectivity index (χ1) is 9.97. The maximum absolute atomic E-state index is 12.3. The minimum atomic E-state index is -0.0259. The van der Waals surface area contributed by atoms with Crippen molar-refractivity contribution in [1.82, 2.24) is 15.1 Å². The zero-order valence-electron chi connectivity index (χ0n) is 12.7. The van der Waals surface area contributed by atoms with Crippen LogP contribution in [0, 0.1) is 5.92 Å². The van der Waals surface area contributed by atoms with Crippen LogP contribution < -0.4 is 11.1 Å². The number of aryl methyl sites for hydroxylation is 1. The number of hydrogen-bond acceptors (Lipinski definition) is 4. The number of hydrogen-bond donors (Lipinski definition) is 2. The van der Waals surface area contributed by atoms with Gasteiger partial charge < -0.3 is 11.1 Å². The van der Waals surface area contributed by atoms with Gasteiger partial charge in [-0.3, -0.25) is 9.48 Å². The van der Waals surface area contributed by atoms with E-state index in [1.807, 2.05) is 17.8 Å². The molecule has 0 aromatic carbocycles. The van der Waals surface area contributed by atoms with Gasteiger partial charge in [-0.05, 0) is 30.7 Å². The van der Waals surface area contributed by atoms with Crippen LogP contribution in [0.2, 0.25) is 0 Å². The molecule has 0 aliphatic heterocycles. The number of rotatable bonds is 5. The molecule has 2 heterocycles. The lowest BCUT2D eigenvalue weighted by Gasteiger charge is -2.10. The highest BCUT2D eigenvalue weighted by Crippen LogP contribution is 2.32. The average molecular weight is 306 g/mol. The number of nitrogens with two attached hydrogens (primary N) is 1. The fraction of sp³-hybridized carbons (Fsp3) is 0.600. The van der Waals surface area contributed by atoms with E-state index in [2.05, 4.69) is 24.3 Å². The third-order valence-corrected chi connectivity index (χ3v) is 5.24. The van der Waals surface area contributed by atoms with E-state index >= 15 is 0 Å². The van der Waals surface area contributed by atoms with Gasteiger partial charge in [0, 0.05) is 25.0 Å². The quantitative estimate of drug-likeness (QED) is 0.889. The number of carbonyl (C=O) groups excluding carboxylic acids is 1. The van der Waals surface area contributed by atoms with Gasteiger partial charge in [-0.15, -0.1) is 11.3 Å². The maximum atomic E-state index is 12.3. The van der Waals surface area contributed by atoms with Crippen molar-refractivity contribution < 1.29 is 4.79 Å². The molecule has 0 saturated heterocycles. The molecule has 1 aliphatic rings. The van der Waals surface area contributed by atoms with Crippen molar-refractivity contribution in [2.45, 2.75) is 38.6 Å². The average Bonchev–Trinajstić information content (AvgIpc) is 3.12. The molecule has 3 rings (SSSR count). The lowest BCUT2D eigenvalue weighted by molar-refractivity contribution is 0.0954. The van der Waals surface area contributed by atoms with Crippen molar-refractivity contribution in [3.63, 3.8) is 0 Å². The maximum Gasteiger partial charge on any atom is 0.261 e. The number of amides is 1. The molecular formula is C15H22N4OS. The minimum Gasteiger partial charge on any atom is -0.350 e. The number of nitrogens with one attached hydrogen (secondary N) is 1.